The first-order valence-corrected chi connectivity index (χ1v) is 12.9. The van der Waals surface area contributed by atoms with Crippen molar-refractivity contribution in [1.82, 2.24) is 14.5 Å². The summed E-state index contributed by atoms with van der Waals surface area (Å²) >= 11 is 0. The van der Waals surface area contributed by atoms with Crippen LogP contribution in [0.1, 0.15) is 57.4 Å². The second-order valence-corrected chi connectivity index (χ2v) is 10.7. The number of sulfonamides is 1. The molecule has 3 rings (SSSR count). The molecule has 7 heteroatoms. The molecule has 0 saturated carbocycles. The quantitative estimate of drug-likeness (QED) is 0.637. The monoisotopic (exact) mass is 435 g/mol. The van der Waals surface area contributed by atoms with Gasteiger partial charge < -0.3 is 10.2 Å². The Morgan fingerprint density at radius 2 is 1.87 bits per heavy atom. The Labute approximate surface area is 182 Å². The summed E-state index contributed by atoms with van der Waals surface area (Å²) in [4.78, 5) is 15.5. The van der Waals surface area contributed by atoms with Gasteiger partial charge in [0.1, 0.15) is 0 Å². The van der Waals surface area contributed by atoms with Gasteiger partial charge >= 0.3 is 0 Å². The lowest BCUT2D eigenvalue weighted by molar-refractivity contribution is -0.126. The summed E-state index contributed by atoms with van der Waals surface area (Å²) in [6.07, 6.45) is 7.49. The Kier molecular flexibility index (Phi) is 8.31. The second-order valence-electron chi connectivity index (χ2n) is 8.75. The van der Waals surface area contributed by atoms with Crippen molar-refractivity contribution in [1.29, 1.82) is 0 Å². The van der Waals surface area contributed by atoms with Gasteiger partial charge in [0.15, 0.2) is 0 Å². The molecule has 1 aromatic carbocycles. The lowest BCUT2D eigenvalue weighted by atomic mass is 9.98. The highest BCUT2D eigenvalue weighted by molar-refractivity contribution is 7.89. The first-order chi connectivity index (χ1) is 14.4. The first kappa shape index (κ1) is 23.2. The van der Waals surface area contributed by atoms with Gasteiger partial charge in [-0.2, -0.15) is 4.31 Å². The number of hydrogen-bond donors (Lipinski definition) is 1. The minimum Gasteiger partial charge on any atom is -0.356 e. The fourth-order valence-corrected chi connectivity index (χ4v) is 6.21. The number of carbonyl (C=O) groups is 1. The van der Waals surface area contributed by atoms with Gasteiger partial charge in [0, 0.05) is 32.2 Å². The number of likely N-dealkylation sites (tertiary alicyclic amines) is 1. The van der Waals surface area contributed by atoms with Crippen LogP contribution in [0.3, 0.4) is 0 Å². The number of benzene rings is 1. The van der Waals surface area contributed by atoms with Crippen LogP contribution in [0, 0.1) is 12.8 Å². The van der Waals surface area contributed by atoms with E-state index in [1.165, 1.54) is 36.5 Å². The Balaban J connectivity index is 1.47. The molecule has 1 aromatic rings. The fourth-order valence-electron chi connectivity index (χ4n) is 4.69. The molecule has 1 amide bonds. The van der Waals surface area contributed by atoms with E-state index in [1.807, 2.05) is 19.1 Å². The molecule has 30 heavy (non-hydrogen) atoms. The molecule has 0 aromatic heterocycles. The lowest BCUT2D eigenvalue weighted by Gasteiger charge is -2.35. The normalized spacial score (nSPS) is 23.9. The van der Waals surface area contributed by atoms with Crippen LogP contribution in [-0.4, -0.2) is 62.3 Å². The van der Waals surface area contributed by atoms with E-state index in [4.69, 9.17) is 0 Å². The van der Waals surface area contributed by atoms with Crippen LogP contribution >= 0.6 is 0 Å². The summed E-state index contributed by atoms with van der Waals surface area (Å²) in [6.45, 7) is 7.79. The van der Waals surface area contributed by atoms with E-state index in [9.17, 15) is 13.2 Å². The van der Waals surface area contributed by atoms with Crippen LogP contribution in [0.2, 0.25) is 0 Å². The smallest absolute Gasteiger partial charge is 0.243 e. The average molecular weight is 436 g/mol. The maximum atomic E-state index is 13.0. The molecule has 0 radical (unpaired) electrons. The molecule has 2 fully saturated rings. The van der Waals surface area contributed by atoms with Crippen molar-refractivity contribution in [2.45, 2.75) is 69.7 Å². The van der Waals surface area contributed by atoms with Crippen molar-refractivity contribution in [2.75, 3.05) is 32.7 Å². The molecule has 0 spiro atoms. The fraction of sp³-hybridized carbons (Fsp3) is 0.696. The standard InChI is InChI=1S/C23H37N3O3S/c1-3-21-9-4-5-15-25(21)16-7-14-24-23(27)20-8-6-17-26(18-20)30(28,29)22-12-10-19(2)11-13-22/h10-13,20-21H,3-9,14-18H2,1-2H3,(H,24,27)/t20-,21-/m0/s1. The Morgan fingerprint density at radius 1 is 1.10 bits per heavy atom. The number of nitrogens with zero attached hydrogens (tertiary/aromatic N) is 2. The summed E-state index contributed by atoms with van der Waals surface area (Å²) in [7, 11) is -3.55. The van der Waals surface area contributed by atoms with Gasteiger partial charge in [-0.3, -0.25) is 4.79 Å². The number of piperidine rings is 2. The molecular formula is C23H37N3O3S. The van der Waals surface area contributed by atoms with Crippen molar-refractivity contribution in [3.63, 3.8) is 0 Å². The van der Waals surface area contributed by atoms with Gasteiger partial charge in [0.05, 0.1) is 10.8 Å². The van der Waals surface area contributed by atoms with E-state index in [-0.39, 0.29) is 18.4 Å². The molecule has 6 nitrogen and oxygen atoms in total. The minimum atomic E-state index is -3.55. The molecule has 0 aliphatic carbocycles. The second kappa shape index (κ2) is 10.7. The topological polar surface area (TPSA) is 69.7 Å². The number of hydrogen-bond acceptors (Lipinski definition) is 4. The number of amides is 1. The highest BCUT2D eigenvalue weighted by Crippen LogP contribution is 2.24. The molecule has 2 atom stereocenters. The van der Waals surface area contributed by atoms with Crippen LogP contribution < -0.4 is 5.32 Å². The van der Waals surface area contributed by atoms with Crippen molar-refractivity contribution < 1.29 is 13.2 Å². The summed E-state index contributed by atoms with van der Waals surface area (Å²) in [5, 5.41) is 3.06. The Hall–Kier alpha value is -1.44. The molecule has 168 valence electrons. The first-order valence-electron chi connectivity index (χ1n) is 11.5. The maximum Gasteiger partial charge on any atom is 0.243 e. The number of rotatable bonds is 8. The third-order valence-electron chi connectivity index (χ3n) is 6.56. The SMILES string of the molecule is CC[C@H]1CCCCN1CCCNC(=O)[C@H]1CCCN(S(=O)(=O)c2ccc(C)cc2)C1. The van der Waals surface area contributed by atoms with E-state index in [0.29, 0.717) is 24.0 Å². The molecule has 2 saturated heterocycles. The van der Waals surface area contributed by atoms with E-state index >= 15 is 0 Å². The third kappa shape index (κ3) is 5.83. The molecule has 2 aliphatic rings. The molecule has 1 N–H and O–H groups in total. The molecule has 2 heterocycles. The van der Waals surface area contributed by atoms with Crippen LogP contribution in [0.5, 0.6) is 0 Å². The lowest BCUT2D eigenvalue weighted by Crippen LogP contribution is -2.46. The number of carbonyl (C=O) groups excluding carboxylic acids is 1. The predicted octanol–water partition coefficient (Wildman–Crippen LogP) is 3.17. The van der Waals surface area contributed by atoms with Crippen molar-refractivity contribution in [3.05, 3.63) is 29.8 Å². The highest BCUT2D eigenvalue weighted by atomic mass is 32.2. The van der Waals surface area contributed by atoms with Crippen LogP contribution in [0.15, 0.2) is 29.2 Å². The van der Waals surface area contributed by atoms with Crippen molar-refractivity contribution in [2.24, 2.45) is 5.92 Å². The highest BCUT2D eigenvalue weighted by Gasteiger charge is 2.33. The van der Waals surface area contributed by atoms with Crippen LogP contribution in [0.4, 0.5) is 0 Å². The maximum absolute atomic E-state index is 13.0. The minimum absolute atomic E-state index is 0.00973. The zero-order chi connectivity index (χ0) is 21.6. The van der Waals surface area contributed by atoms with E-state index < -0.39 is 10.0 Å². The predicted molar refractivity (Wildman–Crippen MR) is 120 cm³/mol. The van der Waals surface area contributed by atoms with Crippen molar-refractivity contribution >= 4 is 15.9 Å². The number of aryl methyl sites for hydroxylation is 1. The molecule has 0 unspecified atom stereocenters. The summed E-state index contributed by atoms with van der Waals surface area (Å²) in [5.41, 5.74) is 1.03. The summed E-state index contributed by atoms with van der Waals surface area (Å²) < 4.78 is 27.4. The Bertz CT molecular complexity index is 794. The summed E-state index contributed by atoms with van der Waals surface area (Å²) in [5.74, 6) is -0.276. The Morgan fingerprint density at radius 3 is 2.60 bits per heavy atom. The van der Waals surface area contributed by atoms with Crippen molar-refractivity contribution in [3.8, 4) is 0 Å². The number of nitrogens with one attached hydrogen (secondary N) is 1. The van der Waals surface area contributed by atoms with Gasteiger partial charge in [-0.05, 0) is 64.1 Å². The average Bonchev–Trinajstić information content (AvgIpc) is 2.77. The molecular weight excluding hydrogens is 398 g/mol. The third-order valence-corrected chi connectivity index (χ3v) is 8.43. The summed E-state index contributed by atoms with van der Waals surface area (Å²) in [6, 6.07) is 7.61. The zero-order valence-electron chi connectivity index (χ0n) is 18.5. The van der Waals surface area contributed by atoms with E-state index in [0.717, 1.165) is 31.4 Å². The largest absolute Gasteiger partial charge is 0.356 e. The van der Waals surface area contributed by atoms with E-state index in [1.54, 1.807) is 12.1 Å². The molecule has 0 bridgehead atoms. The van der Waals surface area contributed by atoms with Gasteiger partial charge in [0.2, 0.25) is 15.9 Å². The van der Waals surface area contributed by atoms with Gasteiger partial charge in [-0.1, -0.05) is 31.0 Å². The van der Waals surface area contributed by atoms with Gasteiger partial charge in [0.25, 0.3) is 0 Å². The van der Waals surface area contributed by atoms with Gasteiger partial charge in [-0.25, -0.2) is 8.42 Å². The van der Waals surface area contributed by atoms with Gasteiger partial charge in [-0.15, -0.1) is 0 Å². The van der Waals surface area contributed by atoms with Crippen LogP contribution in [0.25, 0.3) is 0 Å². The van der Waals surface area contributed by atoms with E-state index in [2.05, 4.69) is 17.1 Å². The van der Waals surface area contributed by atoms with Crippen LogP contribution in [-0.2, 0) is 14.8 Å². The molecule has 2 aliphatic heterocycles. The zero-order valence-corrected chi connectivity index (χ0v) is 19.3.